The molecule has 5 heteroatoms. The molecule has 0 fully saturated rings. The summed E-state index contributed by atoms with van der Waals surface area (Å²) in [5.41, 5.74) is 5.79. The van der Waals surface area contributed by atoms with E-state index in [4.69, 9.17) is 15.2 Å². The second-order valence-electron chi connectivity index (χ2n) is 4.15. The molecule has 0 aliphatic rings. The Bertz CT molecular complexity index is 435. The number of nitrogens with two attached hydrogens (primary N) is 1. The van der Waals surface area contributed by atoms with E-state index in [2.05, 4.69) is 6.92 Å². The number of unbranched alkanes of at least 4 members (excludes halogenated alkanes) is 2. The molecule has 0 atom stereocenters. The number of esters is 1. The number of anilines is 1. The molecule has 1 rings (SSSR count). The molecule has 0 radical (unpaired) electrons. The fourth-order valence-electron chi connectivity index (χ4n) is 1.60. The second-order valence-corrected chi connectivity index (χ2v) is 4.15. The Morgan fingerprint density at radius 2 is 2.05 bits per heavy atom. The van der Waals surface area contributed by atoms with Gasteiger partial charge in [0.1, 0.15) is 0 Å². The Morgan fingerprint density at radius 1 is 1.32 bits per heavy atom. The van der Waals surface area contributed by atoms with Crippen molar-refractivity contribution in [2.45, 2.75) is 33.1 Å². The summed E-state index contributed by atoms with van der Waals surface area (Å²) in [6.45, 7) is 4.42. The van der Waals surface area contributed by atoms with E-state index in [0.29, 0.717) is 6.61 Å². The van der Waals surface area contributed by atoms with Crippen molar-refractivity contribution in [2.24, 2.45) is 0 Å². The van der Waals surface area contributed by atoms with Gasteiger partial charge >= 0.3 is 5.97 Å². The van der Waals surface area contributed by atoms with E-state index in [1.54, 1.807) is 6.92 Å². The normalized spacial score (nSPS) is 10.3. The van der Waals surface area contributed by atoms with E-state index < -0.39 is 11.8 Å². The van der Waals surface area contributed by atoms with Crippen LogP contribution in [0.25, 0.3) is 0 Å². The third-order valence-electron chi connectivity index (χ3n) is 2.60. The third-order valence-corrected chi connectivity index (χ3v) is 2.60. The van der Waals surface area contributed by atoms with Gasteiger partial charge in [0.05, 0.1) is 18.8 Å². The van der Waals surface area contributed by atoms with Gasteiger partial charge in [0.15, 0.2) is 11.6 Å². The third kappa shape index (κ3) is 4.43. The quantitative estimate of drug-likeness (QED) is 0.469. The Labute approximate surface area is 112 Å². The maximum Gasteiger partial charge on any atom is 0.340 e. The Morgan fingerprint density at radius 3 is 2.68 bits per heavy atom. The minimum Gasteiger partial charge on any atom is -0.490 e. The number of nitrogen functional groups attached to an aromatic ring is 1. The Kier molecular flexibility index (Phi) is 6.12. The van der Waals surface area contributed by atoms with Crippen molar-refractivity contribution in [3.05, 3.63) is 23.5 Å². The van der Waals surface area contributed by atoms with Crippen LogP contribution < -0.4 is 10.5 Å². The molecule has 0 aliphatic carbocycles. The van der Waals surface area contributed by atoms with Gasteiger partial charge in [-0.15, -0.1) is 0 Å². The van der Waals surface area contributed by atoms with Crippen LogP contribution in [0.4, 0.5) is 10.1 Å². The molecule has 0 saturated heterocycles. The van der Waals surface area contributed by atoms with Gasteiger partial charge in [0, 0.05) is 11.8 Å². The van der Waals surface area contributed by atoms with Crippen LogP contribution in [0.5, 0.6) is 5.75 Å². The number of hydrogen-bond donors (Lipinski definition) is 1. The average Bonchev–Trinajstić information content (AvgIpc) is 2.37. The van der Waals surface area contributed by atoms with Gasteiger partial charge in [0.25, 0.3) is 0 Å². The molecule has 1 aromatic rings. The number of halogens is 1. The van der Waals surface area contributed by atoms with Crippen LogP contribution in [0.15, 0.2) is 12.1 Å². The lowest BCUT2D eigenvalue weighted by Gasteiger charge is -2.11. The molecule has 0 heterocycles. The first-order valence-corrected chi connectivity index (χ1v) is 6.49. The molecule has 0 amide bonds. The number of hydrogen-bond acceptors (Lipinski definition) is 4. The maximum atomic E-state index is 13.6. The first-order valence-electron chi connectivity index (χ1n) is 6.49. The van der Waals surface area contributed by atoms with Gasteiger partial charge in [0.2, 0.25) is 0 Å². The summed E-state index contributed by atoms with van der Waals surface area (Å²) in [5, 5.41) is 0. The van der Waals surface area contributed by atoms with Gasteiger partial charge < -0.3 is 15.2 Å². The molecule has 1 aromatic carbocycles. The average molecular weight is 269 g/mol. The first-order chi connectivity index (χ1) is 9.10. The van der Waals surface area contributed by atoms with E-state index >= 15 is 0 Å². The van der Waals surface area contributed by atoms with Gasteiger partial charge in [-0.1, -0.05) is 19.8 Å². The lowest BCUT2D eigenvalue weighted by molar-refractivity contribution is 0.0527. The van der Waals surface area contributed by atoms with E-state index in [0.717, 1.165) is 25.3 Å². The summed E-state index contributed by atoms with van der Waals surface area (Å²) < 4.78 is 23.8. The van der Waals surface area contributed by atoms with Crippen LogP contribution in [0.1, 0.15) is 43.5 Å². The van der Waals surface area contributed by atoms with Crippen molar-refractivity contribution >= 4 is 11.7 Å². The summed E-state index contributed by atoms with van der Waals surface area (Å²) >= 11 is 0. The fraction of sp³-hybridized carbons (Fsp3) is 0.500. The van der Waals surface area contributed by atoms with Crippen LogP contribution in [0, 0.1) is 5.82 Å². The zero-order valence-corrected chi connectivity index (χ0v) is 11.4. The van der Waals surface area contributed by atoms with E-state index in [9.17, 15) is 9.18 Å². The molecule has 0 unspecified atom stereocenters. The van der Waals surface area contributed by atoms with Crippen LogP contribution >= 0.6 is 0 Å². The predicted octanol–water partition coefficient (Wildman–Crippen LogP) is 3.15. The van der Waals surface area contributed by atoms with Crippen molar-refractivity contribution in [3.63, 3.8) is 0 Å². The molecule has 0 saturated carbocycles. The highest BCUT2D eigenvalue weighted by atomic mass is 19.1. The number of carbonyl (C=O) groups excluding carboxylic acids is 1. The molecular weight excluding hydrogens is 249 g/mol. The van der Waals surface area contributed by atoms with Crippen LogP contribution in [-0.2, 0) is 4.74 Å². The molecular formula is C14H20FNO3. The lowest BCUT2D eigenvalue weighted by Crippen LogP contribution is -2.10. The summed E-state index contributed by atoms with van der Waals surface area (Å²) in [6, 6.07) is 2.38. The van der Waals surface area contributed by atoms with Gasteiger partial charge in [-0.3, -0.25) is 0 Å². The Hall–Kier alpha value is -1.78. The molecule has 2 N–H and O–H groups in total. The van der Waals surface area contributed by atoms with Crippen molar-refractivity contribution < 1.29 is 18.7 Å². The zero-order chi connectivity index (χ0) is 14.3. The van der Waals surface area contributed by atoms with Crippen molar-refractivity contribution in [1.29, 1.82) is 0 Å². The lowest BCUT2D eigenvalue weighted by atomic mass is 10.1. The second kappa shape index (κ2) is 7.61. The Balaban J connectivity index is 2.81. The minimum atomic E-state index is -0.571. The topological polar surface area (TPSA) is 61.5 Å². The molecule has 4 nitrogen and oxygen atoms in total. The number of carbonyl (C=O) groups is 1. The minimum absolute atomic E-state index is 0.0355. The largest absolute Gasteiger partial charge is 0.490 e. The smallest absolute Gasteiger partial charge is 0.340 e. The van der Waals surface area contributed by atoms with Crippen LogP contribution in [0.3, 0.4) is 0 Å². The summed E-state index contributed by atoms with van der Waals surface area (Å²) in [4.78, 5) is 11.6. The highest BCUT2D eigenvalue weighted by Gasteiger charge is 2.15. The van der Waals surface area contributed by atoms with E-state index in [1.165, 1.54) is 6.07 Å². The maximum absolute atomic E-state index is 13.6. The summed E-state index contributed by atoms with van der Waals surface area (Å²) in [5.74, 6) is -1.10. The number of ether oxygens (including phenoxy) is 2. The van der Waals surface area contributed by atoms with Crippen molar-refractivity contribution in [1.82, 2.24) is 0 Å². The van der Waals surface area contributed by atoms with Crippen LogP contribution in [0.2, 0.25) is 0 Å². The standard InChI is InChI=1S/C14H20FNO3/c1-3-5-6-7-19-13-8-10(14(17)18-4-2)12(16)9-11(13)15/h8-9H,3-7,16H2,1-2H3. The molecule has 0 aromatic heterocycles. The molecule has 0 spiro atoms. The van der Waals surface area contributed by atoms with Gasteiger partial charge in [-0.25, -0.2) is 9.18 Å². The molecule has 19 heavy (non-hydrogen) atoms. The summed E-state index contributed by atoms with van der Waals surface area (Å²) in [6.07, 6.45) is 2.91. The molecule has 0 aliphatic heterocycles. The zero-order valence-electron chi connectivity index (χ0n) is 11.4. The molecule has 0 bridgehead atoms. The fourth-order valence-corrected chi connectivity index (χ4v) is 1.60. The number of rotatable bonds is 7. The van der Waals surface area contributed by atoms with Crippen molar-refractivity contribution in [2.75, 3.05) is 18.9 Å². The first kappa shape index (κ1) is 15.3. The van der Waals surface area contributed by atoms with Gasteiger partial charge in [-0.05, 0) is 19.4 Å². The van der Waals surface area contributed by atoms with E-state index in [1.807, 2.05) is 0 Å². The predicted molar refractivity (Wildman–Crippen MR) is 71.8 cm³/mol. The van der Waals surface area contributed by atoms with Crippen LogP contribution in [-0.4, -0.2) is 19.2 Å². The molecule has 106 valence electrons. The highest BCUT2D eigenvalue weighted by molar-refractivity contribution is 5.95. The highest BCUT2D eigenvalue weighted by Crippen LogP contribution is 2.25. The van der Waals surface area contributed by atoms with Gasteiger partial charge in [-0.2, -0.15) is 0 Å². The summed E-state index contributed by atoms with van der Waals surface area (Å²) in [7, 11) is 0. The van der Waals surface area contributed by atoms with E-state index in [-0.39, 0.29) is 23.6 Å². The van der Waals surface area contributed by atoms with Crippen molar-refractivity contribution in [3.8, 4) is 5.75 Å². The SMILES string of the molecule is CCCCCOc1cc(C(=O)OCC)c(N)cc1F. The number of benzene rings is 1. The monoisotopic (exact) mass is 269 g/mol.